The van der Waals surface area contributed by atoms with Gasteiger partial charge in [0.15, 0.2) is 0 Å². The van der Waals surface area contributed by atoms with Gasteiger partial charge >= 0.3 is 0 Å². The van der Waals surface area contributed by atoms with Crippen molar-refractivity contribution >= 4 is 39.1 Å². The summed E-state index contributed by atoms with van der Waals surface area (Å²) >= 11 is 9.49. The lowest BCUT2D eigenvalue weighted by Gasteiger charge is -2.47. The van der Waals surface area contributed by atoms with E-state index in [1.165, 1.54) is 0 Å². The summed E-state index contributed by atoms with van der Waals surface area (Å²) in [6, 6.07) is 25.5. The van der Waals surface area contributed by atoms with Gasteiger partial charge in [0.05, 0.1) is 12.0 Å². The summed E-state index contributed by atoms with van der Waals surface area (Å²) in [5, 5.41) is 0.695. The number of carbonyl (C=O) groups excluding carboxylic acids is 1. The summed E-state index contributed by atoms with van der Waals surface area (Å²) in [7, 11) is 0. The molecule has 124 valence electrons. The molecule has 1 amide bonds. The lowest BCUT2D eigenvalue weighted by atomic mass is 9.77. The highest BCUT2D eigenvalue weighted by Gasteiger charge is 2.49. The molecule has 0 spiro atoms. The van der Waals surface area contributed by atoms with Crippen LogP contribution in [-0.4, -0.2) is 5.91 Å². The van der Waals surface area contributed by atoms with Crippen molar-refractivity contribution in [3.63, 3.8) is 0 Å². The molecule has 4 heteroatoms. The van der Waals surface area contributed by atoms with Crippen LogP contribution in [0.1, 0.15) is 23.1 Å². The molecule has 4 rings (SSSR count). The van der Waals surface area contributed by atoms with Crippen LogP contribution in [0.4, 0.5) is 5.69 Å². The second-order valence-corrected chi connectivity index (χ2v) is 7.42. The number of halogens is 2. The van der Waals surface area contributed by atoms with Crippen molar-refractivity contribution in [1.29, 1.82) is 0 Å². The van der Waals surface area contributed by atoms with Crippen LogP contribution in [0.3, 0.4) is 0 Å². The fourth-order valence-corrected chi connectivity index (χ4v) is 3.76. The Balaban J connectivity index is 1.77. The largest absolute Gasteiger partial charge is 0.303 e. The number of benzene rings is 3. The van der Waals surface area contributed by atoms with Gasteiger partial charge in [0.25, 0.3) is 0 Å². The minimum Gasteiger partial charge on any atom is -0.303 e. The molecular weight excluding hydrogens is 398 g/mol. The second kappa shape index (κ2) is 6.66. The Hall–Kier alpha value is -2.10. The fraction of sp³-hybridized carbons (Fsp3) is 0.0952. The molecule has 0 radical (unpaired) electrons. The third-order valence-electron chi connectivity index (χ3n) is 4.57. The van der Waals surface area contributed by atoms with Crippen molar-refractivity contribution in [2.24, 2.45) is 0 Å². The number of rotatable bonds is 3. The molecule has 25 heavy (non-hydrogen) atoms. The highest BCUT2D eigenvalue weighted by atomic mass is 79.9. The molecule has 1 heterocycles. The van der Waals surface area contributed by atoms with E-state index in [2.05, 4.69) is 15.9 Å². The predicted octanol–water partition coefficient (Wildman–Crippen LogP) is 5.97. The first-order valence-corrected chi connectivity index (χ1v) is 9.21. The Kier molecular flexibility index (Phi) is 4.36. The van der Waals surface area contributed by atoms with E-state index in [1.807, 2.05) is 83.8 Å². The van der Waals surface area contributed by atoms with E-state index in [1.54, 1.807) is 0 Å². The highest BCUT2D eigenvalue weighted by Crippen LogP contribution is 2.49. The van der Waals surface area contributed by atoms with E-state index < -0.39 is 0 Å². The number of nitrogens with zero attached hydrogens (tertiary/aromatic N) is 1. The van der Waals surface area contributed by atoms with Gasteiger partial charge in [0, 0.05) is 15.2 Å². The van der Waals surface area contributed by atoms with Crippen molar-refractivity contribution < 1.29 is 4.79 Å². The average molecular weight is 413 g/mol. The van der Waals surface area contributed by atoms with Gasteiger partial charge in [0.2, 0.25) is 5.91 Å². The van der Waals surface area contributed by atoms with E-state index >= 15 is 0 Å². The van der Waals surface area contributed by atoms with Gasteiger partial charge in [-0.15, -0.1) is 0 Å². The first-order valence-electron chi connectivity index (χ1n) is 8.04. The quantitative estimate of drug-likeness (QED) is 0.485. The van der Waals surface area contributed by atoms with Crippen LogP contribution in [-0.2, 0) is 4.79 Å². The standard InChI is InChI=1S/C21H15BrClNO/c22-16-8-12-18(13-9-16)24-20(15-6-10-17(23)11-7-15)19(21(24)25)14-4-2-1-3-5-14/h1-13,19-20H. The Labute approximate surface area is 160 Å². The van der Waals surface area contributed by atoms with Crippen LogP contribution in [0.2, 0.25) is 5.02 Å². The third-order valence-corrected chi connectivity index (χ3v) is 5.35. The molecule has 1 aliphatic rings. The Morgan fingerprint density at radius 2 is 1.44 bits per heavy atom. The molecule has 0 aliphatic carbocycles. The van der Waals surface area contributed by atoms with Crippen LogP contribution in [0.5, 0.6) is 0 Å². The van der Waals surface area contributed by atoms with Crippen LogP contribution < -0.4 is 4.90 Å². The number of carbonyl (C=O) groups is 1. The maximum atomic E-state index is 13.0. The number of β-lactam (4-membered cyclic amide) rings is 1. The van der Waals surface area contributed by atoms with Gasteiger partial charge < -0.3 is 4.90 Å². The zero-order valence-electron chi connectivity index (χ0n) is 13.3. The van der Waals surface area contributed by atoms with Crippen molar-refractivity contribution in [3.8, 4) is 0 Å². The van der Waals surface area contributed by atoms with E-state index in [9.17, 15) is 4.79 Å². The van der Waals surface area contributed by atoms with Crippen LogP contribution in [0.25, 0.3) is 0 Å². The zero-order chi connectivity index (χ0) is 17.4. The second-order valence-electron chi connectivity index (χ2n) is 6.07. The van der Waals surface area contributed by atoms with Crippen molar-refractivity contribution in [2.45, 2.75) is 12.0 Å². The molecule has 1 fully saturated rings. The smallest absolute Gasteiger partial charge is 0.237 e. The first kappa shape index (κ1) is 16.4. The minimum atomic E-state index is -0.175. The van der Waals surface area contributed by atoms with Gasteiger partial charge in [-0.1, -0.05) is 70.0 Å². The van der Waals surface area contributed by atoms with Crippen LogP contribution in [0.15, 0.2) is 83.3 Å². The average Bonchev–Trinajstić information content (AvgIpc) is 2.63. The molecule has 1 aliphatic heterocycles. The van der Waals surface area contributed by atoms with Crippen LogP contribution >= 0.6 is 27.5 Å². The van der Waals surface area contributed by atoms with E-state index in [0.717, 1.165) is 21.3 Å². The summed E-state index contributed by atoms with van der Waals surface area (Å²) in [4.78, 5) is 14.9. The molecule has 2 atom stereocenters. The van der Waals surface area contributed by atoms with Crippen molar-refractivity contribution in [2.75, 3.05) is 4.90 Å². The highest BCUT2D eigenvalue weighted by molar-refractivity contribution is 9.10. The summed E-state index contributed by atoms with van der Waals surface area (Å²) in [5.41, 5.74) is 3.03. The number of amides is 1. The molecule has 2 unspecified atom stereocenters. The summed E-state index contributed by atoms with van der Waals surface area (Å²) in [6.45, 7) is 0. The molecule has 3 aromatic rings. The van der Waals surface area contributed by atoms with Crippen LogP contribution in [0, 0.1) is 0 Å². The Morgan fingerprint density at radius 3 is 2.08 bits per heavy atom. The van der Waals surface area contributed by atoms with Gasteiger partial charge in [0.1, 0.15) is 0 Å². The maximum absolute atomic E-state index is 13.0. The number of anilines is 1. The first-order chi connectivity index (χ1) is 12.1. The van der Waals surface area contributed by atoms with Gasteiger partial charge in [-0.3, -0.25) is 4.79 Å². The Morgan fingerprint density at radius 1 is 0.800 bits per heavy atom. The molecule has 0 N–H and O–H groups in total. The van der Waals surface area contributed by atoms with Gasteiger partial charge in [-0.05, 0) is 47.5 Å². The minimum absolute atomic E-state index is 0.0339. The lowest BCUT2D eigenvalue weighted by molar-refractivity contribution is -0.126. The molecule has 0 aromatic heterocycles. The number of hydrogen-bond acceptors (Lipinski definition) is 1. The van der Waals surface area contributed by atoms with Crippen molar-refractivity contribution in [1.82, 2.24) is 0 Å². The summed E-state index contributed by atoms with van der Waals surface area (Å²) < 4.78 is 0.992. The summed E-state index contributed by atoms with van der Waals surface area (Å²) in [6.07, 6.45) is 0. The van der Waals surface area contributed by atoms with E-state index in [4.69, 9.17) is 11.6 Å². The van der Waals surface area contributed by atoms with Gasteiger partial charge in [-0.25, -0.2) is 0 Å². The zero-order valence-corrected chi connectivity index (χ0v) is 15.6. The molecule has 0 bridgehead atoms. The summed E-state index contributed by atoms with van der Waals surface area (Å²) in [5.74, 6) is -0.0560. The monoisotopic (exact) mass is 411 g/mol. The lowest BCUT2D eigenvalue weighted by Crippen LogP contribution is -2.53. The molecule has 1 saturated heterocycles. The van der Waals surface area contributed by atoms with E-state index in [0.29, 0.717) is 5.02 Å². The number of hydrogen-bond donors (Lipinski definition) is 0. The third kappa shape index (κ3) is 2.99. The Bertz CT molecular complexity index is 893. The predicted molar refractivity (Wildman–Crippen MR) is 105 cm³/mol. The molecule has 2 nitrogen and oxygen atoms in total. The van der Waals surface area contributed by atoms with Gasteiger partial charge in [-0.2, -0.15) is 0 Å². The topological polar surface area (TPSA) is 20.3 Å². The molecule has 0 saturated carbocycles. The SMILES string of the molecule is O=C1C(c2ccccc2)C(c2ccc(Cl)cc2)N1c1ccc(Br)cc1. The van der Waals surface area contributed by atoms with Crippen molar-refractivity contribution in [3.05, 3.63) is 99.5 Å². The normalized spacial score (nSPS) is 19.6. The molecular formula is C21H15BrClNO. The fourth-order valence-electron chi connectivity index (χ4n) is 3.37. The maximum Gasteiger partial charge on any atom is 0.237 e. The molecule has 3 aromatic carbocycles. The van der Waals surface area contributed by atoms with E-state index in [-0.39, 0.29) is 17.9 Å².